The summed E-state index contributed by atoms with van der Waals surface area (Å²) in [5.41, 5.74) is 3.44. The minimum atomic E-state index is 1.03. The molecule has 0 N–H and O–H groups in total. The minimum Gasteiger partial charge on any atom is -0.187 e. The summed E-state index contributed by atoms with van der Waals surface area (Å²) in [6.07, 6.45) is 2.07. The van der Waals surface area contributed by atoms with Crippen LogP contribution in [0.5, 0.6) is 0 Å². The van der Waals surface area contributed by atoms with Crippen molar-refractivity contribution in [3.63, 3.8) is 0 Å². The summed E-state index contributed by atoms with van der Waals surface area (Å²) in [7, 11) is 0. The first-order chi connectivity index (χ1) is 9.86. The predicted molar refractivity (Wildman–Crippen MR) is 89.2 cm³/mol. The lowest BCUT2D eigenvalue weighted by Crippen LogP contribution is -1.86. The molecule has 1 aromatic heterocycles. The summed E-state index contributed by atoms with van der Waals surface area (Å²) >= 11 is 3.43. The number of aromatic nitrogens is 1. The molecule has 0 amide bonds. The van der Waals surface area contributed by atoms with Gasteiger partial charge in [0.1, 0.15) is 0 Å². The number of hydrogen-bond donors (Lipinski definition) is 0. The predicted octanol–water partition coefficient (Wildman–Crippen LogP) is 5.48. The standard InChI is InChI=1S/C17H14NS2/c1-19-17-18-15(13-8-4-2-5-9-13)12-16(20-17)14-10-6-3-7-11-14/h2-12H,1H3/q+1. The van der Waals surface area contributed by atoms with Crippen LogP contribution in [0.15, 0.2) is 71.1 Å². The highest BCUT2D eigenvalue weighted by atomic mass is 32.2. The van der Waals surface area contributed by atoms with E-state index in [1.165, 1.54) is 10.4 Å². The molecule has 0 aliphatic carbocycles. The number of nitrogens with zero attached hydrogens (tertiary/aromatic N) is 1. The van der Waals surface area contributed by atoms with Crippen LogP contribution in [0.1, 0.15) is 0 Å². The van der Waals surface area contributed by atoms with Crippen LogP contribution in [0.4, 0.5) is 0 Å². The van der Waals surface area contributed by atoms with Crippen molar-refractivity contribution in [3.8, 4) is 21.7 Å². The van der Waals surface area contributed by atoms with E-state index >= 15 is 0 Å². The quantitative estimate of drug-likeness (QED) is 0.469. The first kappa shape index (κ1) is 13.3. The molecule has 3 heteroatoms. The van der Waals surface area contributed by atoms with Gasteiger partial charge in [-0.05, 0) is 30.2 Å². The third-order valence-electron chi connectivity index (χ3n) is 2.98. The van der Waals surface area contributed by atoms with E-state index in [9.17, 15) is 0 Å². The van der Waals surface area contributed by atoms with Crippen molar-refractivity contribution in [1.82, 2.24) is 4.98 Å². The van der Waals surface area contributed by atoms with Crippen molar-refractivity contribution in [2.45, 2.75) is 4.34 Å². The Morgan fingerprint density at radius 1 is 0.850 bits per heavy atom. The Balaban J connectivity index is 2.13. The summed E-state index contributed by atoms with van der Waals surface area (Å²) in [6, 6.07) is 23.0. The van der Waals surface area contributed by atoms with Gasteiger partial charge in [-0.2, -0.15) is 4.98 Å². The molecule has 0 radical (unpaired) electrons. The van der Waals surface area contributed by atoms with Crippen molar-refractivity contribution in [2.24, 2.45) is 0 Å². The number of thioether (sulfide) groups is 1. The van der Waals surface area contributed by atoms with Gasteiger partial charge in [0, 0.05) is 17.2 Å². The molecule has 0 unspecified atom stereocenters. The largest absolute Gasteiger partial charge is 0.359 e. The van der Waals surface area contributed by atoms with E-state index < -0.39 is 0 Å². The summed E-state index contributed by atoms with van der Waals surface area (Å²) in [5.74, 6) is 0. The molecular formula is C17H14NS2+. The highest BCUT2D eigenvalue weighted by Gasteiger charge is 2.18. The van der Waals surface area contributed by atoms with Crippen LogP contribution in [-0.4, -0.2) is 11.2 Å². The zero-order valence-corrected chi connectivity index (χ0v) is 12.7. The van der Waals surface area contributed by atoms with Crippen molar-refractivity contribution in [3.05, 3.63) is 66.7 Å². The van der Waals surface area contributed by atoms with Crippen LogP contribution >= 0.6 is 23.1 Å². The van der Waals surface area contributed by atoms with Gasteiger partial charge in [0.25, 0.3) is 11.3 Å². The fraction of sp³-hybridized carbons (Fsp3) is 0.0588. The van der Waals surface area contributed by atoms with Crippen LogP contribution < -0.4 is 0 Å². The zero-order valence-electron chi connectivity index (χ0n) is 11.1. The van der Waals surface area contributed by atoms with Crippen molar-refractivity contribution < 1.29 is 0 Å². The van der Waals surface area contributed by atoms with E-state index in [-0.39, 0.29) is 0 Å². The Morgan fingerprint density at radius 3 is 2.05 bits per heavy atom. The molecule has 2 aromatic carbocycles. The van der Waals surface area contributed by atoms with Gasteiger partial charge in [0.2, 0.25) is 4.88 Å². The summed E-state index contributed by atoms with van der Waals surface area (Å²) in [4.78, 5) is 5.98. The molecule has 1 nitrogen and oxygen atoms in total. The Hall–Kier alpha value is -1.71. The third kappa shape index (κ3) is 2.89. The second kappa shape index (κ2) is 6.16. The molecule has 3 aromatic rings. The van der Waals surface area contributed by atoms with Gasteiger partial charge >= 0.3 is 4.34 Å². The van der Waals surface area contributed by atoms with Gasteiger partial charge in [0.05, 0.1) is 5.69 Å². The van der Waals surface area contributed by atoms with Gasteiger partial charge < -0.3 is 0 Å². The molecule has 0 saturated carbocycles. The van der Waals surface area contributed by atoms with Crippen molar-refractivity contribution in [2.75, 3.05) is 6.26 Å². The van der Waals surface area contributed by atoms with E-state index in [1.807, 2.05) is 24.3 Å². The topological polar surface area (TPSA) is 12.9 Å². The lowest BCUT2D eigenvalue weighted by atomic mass is 10.1. The molecule has 0 atom stereocenters. The maximum Gasteiger partial charge on any atom is 0.359 e. The fourth-order valence-corrected chi connectivity index (χ4v) is 3.54. The monoisotopic (exact) mass is 296 g/mol. The Morgan fingerprint density at radius 2 is 1.45 bits per heavy atom. The molecule has 20 heavy (non-hydrogen) atoms. The van der Waals surface area contributed by atoms with Gasteiger partial charge in [-0.1, -0.05) is 48.5 Å². The van der Waals surface area contributed by atoms with Gasteiger partial charge in [-0.25, -0.2) is 0 Å². The van der Waals surface area contributed by atoms with E-state index in [1.54, 1.807) is 23.1 Å². The average molecular weight is 296 g/mol. The second-order valence-electron chi connectivity index (χ2n) is 4.31. The first-order valence-corrected chi connectivity index (χ1v) is 8.41. The molecule has 1 heterocycles. The summed E-state index contributed by atoms with van der Waals surface area (Å²) < 4.78 is 1.09. The lowest BCUT2D eigenvalue weighted by molar-refractivity contribution is 1.23. The van der Waals surface area contributed by atoms with Crippen LogP contribution in [0.25, 0.3) is 21.7 Å². The van der Waals surface area contributed by atoms with Crippen molar-refractivity contribution in [1.29, 1.82) is 0 Å². The molecule has 0 bridgehead atoms. The fourth-order valence-electron chi connectivity index (χ4n) is 1.99. The van der Waals surface area contributed by atoms with Gasteiger partial charge in [0.15, 0.2) is 0 Å². The lowest BCUT2D eigenvalue weighted by Gasteiger charge is -2.00. The van der Waals surface area contributed by atoms with E-state index in [0.717, 1.165) is 15.6 Å². The van der Waals surface area contributed by atoms with Gasteiger partial charge in [-0.15, -0.1) is 0 Å². The van der Waals surface area contributed by atoms with Crippen molar-refractivity contribution >= 4 is 23.1 Å². The molecule has 0 aliphatic rings. The Kier molecular flexibility index (Phi) is 4.09. The molecule has 3 rings (SSSR count). The first-order valence-electron chi connectivity index (χ1n) is 6.37. The Bertz CT molecular complexity index is 639. The van der Waals surface area contributed by atoms with Crippen LogP contribution in [0.3, 0.4) is 0 Å². The molecular weight excluding hydrogens is 282 g/mol. The van der Waals surface area contributed by atoms with Gasteiger partial charge in [-0.3, -0.25) is 0 Å². The average Bonchev–Trinajstić information content (AvgIpc) is 2.56. The molecule has 0 aliphatic heterocycles. The maximum absolute atomic E-state index is 4.73. The highest BCUT2D eigenvalue weighted by molar-refractivity contribution is 8.00. The Labute approximate surface area is 127 Å². The molecule has 0 fully saturated rings. The third-order valence-corrected chi connectivity index (χ3v) is 5.01. The number of hydrogen-bond acceptors (Lipinski definition) is 2. The zero-order chi connectivity index (χ0) is 13.8. The highest BCUT2D eigenvalue weighted by Crippen LogP contribution is 2.33. The smallest absolute Gasteiger partial charge is 0.187 e. The molecule has 0 saturated heterocycles. The van der Waals surface area contributed by atoms with E-state index in [2.05, 4.69) is 48.7 Å². The normalized spacial score (nSPS) is 10.4. The van der Waals surface area contributed by atoms with E-state index in [4.69, 9.17) is 4.98 Å². The number of rotatable bonds is 3. The molecule has 0 spiro atoms. The maximum atomic E-state index is 4.73. The minimum absolute atomic E-state index is 1.03. The van der Waals surface area contributed by atoms with E-state index in [0.29, 0.717) is 0 Å². The summed E-state index contributed by atoms with van der Waals surface area (Å²) in [6.45, 7) is 0. The SMILES string of the molecule is CSc1nc(-c2ccccc2)cc(-c2ccccc2)[s+]1. The van der Waals surface area contributed by atoms with Crippen LogP contribution in [-0.2, 0) is 0 Å². The van der Waals surface area contributed by atoms with Crippen LogP contribution in [0.2, 0.25) is 0 Å². The number of benzene rings is 2. The summed E-state index contributed by atoms with van der Waals surface area (Å²) in [5, 5.41) is 0. The van der Waals surface area contributed by atoms with Crippen LogP contribution in [0, 0.1) is 0 Å². The molecule has 98 valence electrons. The second-order valence-corrected chi connectivity index (χ2v) is 6.39.